The van der Waals surface area contributed by atoms with Crippen LogP contribution in [0.4, 0.5) is 0 Å². The minimum Gasteiger partial charge on any atom is -0.496 e. The van der Waals surface area contributed by atoms with Crippen molar-refractivity contribution in [1.82, 2.24) is 10.2 Å². The molecular weight excluding hydrogens is 288 g/mol. The number of likely N-dealkylation sites (N-methyl/N-ethyl adjacent to an activating group) is 1. The topological polar surface area (TPSA) is 41.6 Å². The van der Waals surface area contributed by atoms with E-state index in [9.17, 15) is 4.79 Å². The van der Waals surface area contributed by atoms with E-state index in [1.54, 1.807) is 13.2 Å². The van der Waals surface area contributed by atoms with E-state index < -0.39 is 0 Å². The predicted octanol–water partition coefficient (Wildman–Crippen LogP) is 3.04. The number of rotatable bonds is 6. The molecule has 0 bridgehead atoms. The maximum Gasteiger partial charge on any atom is 0.251 e. The van der Waals surface area contributed by atoms with Gasteiger partial charge in [-0.15, -0.1) is 0 Å². The second-order valence-electron chi connectivity index (χ2n) is 5.78. The average Bonchev–Trinajstić information content (AvgIpc) is 2.56. The number of amides is 1. The normalized spacial score (nSPS) is 12.0. The highest BCUT2D eigenvalue weighted by molar-refractivity contribution is 5.94. The standard InChI is InChI=1S/C19H24N2O2/c1-14-10-11-16(12-18(14)23-4)19(22)20-13-17(21(2)3)15-8-6-5-7-9-15/h5-12,17H,13H2,1-4H3,(H,20,22). The van der Waals surface area contributed by atoms with E-state index in [0.717, 1.165) is 11.3 Å². The molecule has 2 aromatic rings. The molecule has 0 saturated heterocycles. The highest BCUT2D eigenvalue weighted by Crippen LogP contribution is 2.20. The number of carbonyl (C=O) groups excluding carboxylic acids is 1. The molecule has 0 radical (unpaired) electrons. The summed E-state index contributed by atoms with van der Waals surface area (Å²) in [5.41, 5.74) is 2.80. The number of hydrogen-bond donors (Lipinski definition) is 1. The van der Waals surface area contributed by atoms with Gasteiger partial charge in [0.1, 0.15) is 5.75 Å². The van der Waals surface area contributed by atoms with Crippen LogP contribution in [0, 0.1) is 6.92 Å². The number of nitrogens with one attached hydrogen (secondary N) is 1. The summed E-state index contributed by atoms with van der Waals surface area (Å²) in [6.45, 7) is 2.50. The molecule has 4 heteroatoms. The highest BCUT2D eigenvalue weighted by atomic mass is 16.5. The number of aryl methyl sites for hydroxylation is 1. The lowest BCUT2D eigenvalue weighted by molar-refractivity contribution is 0.0941. The first-order valence-corrected chi connectivity index (χ1v) is 7.67. The van der Waals surface area contributed by atoms with Crippen LogP contribution >= 0.6 is 0 Å². The van der Waals surface area contributed by atoms with Gasteiger partial charge in [0.15, 0.2) is 0 Å². The summed E-state index contributed by atoms with van der Waals surface area (Å²) < 4.78 is 5.28. The van der Waals surface area contributed by atoms with Crippen LogP contribution in [0.25, 0.3) is 0 Å². The minimum absolute atomic E-state index is 0.0916. The maximum absolute atomic E-state index is 12.4. The lowest BCUT2D eigenvalue weighted by Gasteiger charge is -2.25. The van der Waals surface area contributed by atoms with Crippen LogP contribution in [-0.4, -0.2) is 38.6 Å². The van der Waals surface area contributed by atoms with Crippen molar-refractivity contribution in [2.24, 2.45) is 0 Å². The number of ether oxygens (including phenoxy) is 1. The van der Waals surface area contributed by atoms with E-state index in [4.69, 9.17) is 4.74 Å². The number of benzene rings is 2. The first kappa shape index (κ1) is 17.0. The molecule has 1 amide bonds. The van der Waals surface area contributed by atoms with E-state index in [2.05, 4.69) is 22.3 Å². The van der Waals surface area contributed by atoms with Crippen molar-refractivity contribution in [2.75, 3.05) is 27.7 Å². The average molecular weight is 312 g/mol. The Kier molecular flexibility index (Phi) is 5.77. The zero-order valence-electron chi connectivity index (χ0n) is 14.2. The fourth-order valence-corrected chi connectivity index (χ4v) is 2.53. The predicted molar refractivity (Wildman–Crippen MR) is 92.9 cm³/mol. The fourth-order valence-electron chi connectivity index (χ4n) is 2.53. The molecule has 0 fully saturated rings. The zero-order chi connectivity index (χ0) is 16.8. The number of hydrogen-bond acceptors (Lipinski definition) is 3. The molecule has 0 heterocycles. The summed E-state index contributed by atoms with van der Waals surface area (Å²) >= 11 is 0. The van der Waals surface area contributed by atoms with Crippen LogP contribution in [0.15, 0.2) is 48.5 Å². The molecule has 2 aromatic carbocycles. The van der Waals surface area contributed by atoms with Crippen LogP contribution in [-0.2, 0) is 0 Å². The Bertz CT molecular complexity index is 654. The molecule has 1 atom stereocenters. The van der Waals surface area contributed by atoms with Crippen molar-refractivity contribution in [3.63, 3.8) is 0 Å². The number of methoxy groups -OCH3 is 1. The second-order valence-corrected chi connectivity index (χ2v) is 5.78. The molecule has 0 aliphatic heterocycles. The third-order valence-corrected chi connectivity index (χ3v) is 3.93. The van der Waals surface area contributed by atoms with Gasteiger partial charge in [0, 0.05) is 12.1 Å². The maximum atomic E-state index is 12.4. The van der Waals surface area contributed by atoms with Crippen LogP contribution in [0.5, 0.6) is 5.75 Å². The summed E-state index contributed by atoms with van der Waals surface area (Å²) in [5, 5.41) is 3.01. The van der Waals surface area contributed by atoms with Crippen molar-refractivity contribution in [3.8, 4) is 5.75 Å². The van der Waals surface area contributed by atoms with Crippen molar-refractivity contribution in [1.29, 1.82) is 0 Å². The highest BCUT2D eigenvalue weighted by Gasteiger charge is 2.16. The Morgan fingerprint density at radius 3 is 2.48 bits per heavy atom. The van der Waals surface area contributed by atoms with Crippen LogP contribution in [0.3, 0.4) is 0 Å². The Morgan fingerprint density at radius 2 is 1.87 bits per heavy atom. The lowest BCUT2D eigenvalue weighted by Crippen LogP contribution is -2.34. The molecule has 1 unspecified atom stereocenters. The molecule has 1 N–H and O–H groups in total. The third kappa shape index (κ3) is 4.33. The van der Waals surface area contributed by atoms with Gasteiger partial charge in [-0.25, -0.2) is 0 Å². The molecule has 0 saturated carbocycles. The first-order valence-electron chi connectivity index (χ1n) is 7.67. The van der Waals surface area contributed by atoms with Crippen LogP contribution < -0.4 is 10.1 Å². The lowest BCUT2D eigenvalue weighted by atomic mass is 10.1. The van der Waals surface area contributed by atoms with Gasteiger partial charge in [0.2, 0.25) is 0 Å². The van der Waals surface area contributed by atoms with E-state index in [1.165, 1.54) is 5.56 Å². The van der Waals surface area contributed by atoms with Crippen molar-refractivity contribution in [2.45, 2.75) is 13.0 Å². The third-order valence-electron chi connectivity index (χ3n) is 3.93. The largest absolute Gasteiger partial charge is 0.496 e. The van der Waals surface area contributed by atoms with Gasteiger partial charge in [-0.3, -0.25) is 4.79 Å². The fraction of sp³-hybridized carbons (Fsp3) is 0.316. The van der Waals surface area contributed by atoms with Crippen molar-refractivity contribution in [3.05, 3.63) is 65.2 Å². The van der Waals surface area contributed by atoms with Gasteiger partial charge < -0.3 is 15.0 Å². The summed E-state index contributed by atoms with van der Waals surface area (Å²) in [5.74, 6) is 0.635. The SMILES string of the molecule is COc1cc(C(=O)NCC(c2ccccc2)N(C)C)ccc1C. The van der Waals surface area contributed by atoms with Gasteiger partial charge in [-0.05, 0) is 44.3 Å². The van der Waals surface area contributed by atoms with Crippen LogP contribution in [0.2, 0.25) is 0 Å². The van der Waals surface area contributed by atoms with Crippen LogP contribution in [0.1, 0.15) is 27.5 Å². The molecule has 122 valence electrons. The summed E-state index contributed by atoms with van der Waals surface area (Å²) in [6.07, 6.45) is 0. The van der Waals surface area contributed by atoms with E-state index >= 15 is 0 Å². The second kappa shape index (κ2) is 7.79. The van der Waals surface area contributed by atoms with E-state index in [1.807, 2.05) is 51.4 Å². The Labute approximate surface area is 138 Å². The van der Waals surface area contributed by atoms with Gasteiger partial charge in [-0.1, -0.05) is 36.4 Å². The van der Waals surface area contributed by atoms with Crippen molar-refractivity contribution < 1.29 is 9.53 Å². The molecule has 0 spiro atoms. The quantitative estimate of drug-likeness (QED) is 0.891. The Balaban J connectivity index is 2.07. The summed E-state index contributed by atoms with van der Waals surface area (Å²) in [6, 6.07) is 15.8. The smallest absolute Gasteiger partial charge is 0.251 e. The van der Waals surface area contributed by atoms with Crippen molar-refractivity contribution >= 4 is 5.91 Å². The summed E-state index contributed by atoms with van der Waals surface area (Å²) in [4.78, 5) is 14.5. The molecule has 0 aromatic heterocycles. The molecule has 2 rings (SSSR count). The molecule has 0 aliphatic rings. The van der Waals surface area contributed by atoms with Gasteiger partial charge >= 0.3 is 0 Å². The molecular formula is C19H24N2O2. The first-order chi connectivity index (χ1) is 11.0. The Morgan fingerprint density at radius 1 is 1.17 bits per heavy atom. The zero-order valence-corrected chi connectivity index (χ0v) is 14.2. The molecule has 0 aliphatic carbocycles. The van der Waals surface area contributed by atoms with E-state index in [0.29, 0.717) is 12.1 Å². The Hall–Kier alpha value is -2.33. The summed E-state index contributed by atoms with van der Waals surface area (Å²) in [7, 11) is 5.64. The minimum atomic E-state index is -0.0916. The molecule has 23 heavy (non-hydrogen) atoms. The molecule has 4 nitrogen and oxygen atoms in total. The van der Waals surface area contributed by atoms with Gasteiger partial charge in [0.25, 0.3) is 5.91 Å². The van der Waals surface area contributed by atoms with E-state index in [-0.39, 0.29) is 11.9 Å². The van der Waals surface area contributed by atoms with Gasteiger partial charge in [-0.2, -0.15) is 0 Å². The monoisotopic (exact) mass is 312 g/mol. The number of nitrogens with zero attached hydrogens (tertiary/aromatic N) is 1. The number of carbonyl (C=O) groups is 1. The van der Waals surface area contributed by atoms with Gasteiger partial charge in [0.05, 0.1) is 13.2 Å².